The van der Waals surface area contributed by atoms with Gasteiger partial charge >= 0.3 is 6.03 Å². The van der Waals surface area contributed by atoms with Crippen molar-refractivity contribution in [2.24, 2.45) is 5.92 Å². The fourth-order valence-electron chi connectivity index (χ4n) is 3.98. The molecule has 1 aromatic carbocycles. The summed E-state index contributed by atoms with van der Waals surface area (Å²) in [5.41, 5.74) is 2.44. The second-order valence-corrected chi connectivity index (χ2v) is 8.50. The van der Waals surface area contributed by atoms with E-state index in [1.165, 1.54) is 5.56 Å². The van der Waals surface area contributed by atoms with Crippen LogP contribution < -0.4 is 10.6 Å². The zero-order valence-electron chi connectivity index (χ0n) is 17.5. The molecule has 0 saturated carbocycles. The number of nitrogens with one attached hydrogen (secondary N) is 2. The first-order valence-corrected chi connectivity index (χ1v) is 10.7. The molecule has 0 spiro atoms. The molecule has 6 nitrogen and oxygen atoms in total. The predicted octanol–water partition coefficient (Wildman–Crippen LogP) is 2.44. The average molecular weight is 389 g/mol. The first-order valence-electron chi connectivity index (χ1n) is 10.7. The highest BCUT2D eigenvalue weighted by atomic mass is 16.5. The molecule has 2 aliphatic heterocycles. The Labute approximate surface area is 169 Å². The van der Waals surface area contributed by atoms with Crippen LogP contribution >= 0.6 is 0 Å². The molecule has 6 heteroatoms. The first kappa shape index (κ1) is 21.1. The highest BCUT2D eigenvalue weighted by Gasteiger charge is 2.20. The minimum atomic E-state index is -0.0558. The molecule has 28 heavy (non-hydrogen) atoms. The Morgan fingerprint density at radius 1 is 1.04 bits per heavy atom. The van der Waals surface area contributed by atoms with Crippen LogP contribution in [-0.4, -0.2) is 67.8 Å². The number of hydrogen-bond acceptors (Lipinski definition) is 4. The number of likely N-dealkylation sites (tertiary alicyclic amines) is 1. The quantitative estimate of drug-likeness (QED) is 0.753. The van der Waals surface area contributed by atoms with E-state index in [-0.39, 0.29) is 6.03 Å². The van der Waals surface area contributed by atoms with Crippen LogP contribution in [0.25, 0.3) is 0 Å². The summed E-state index contributed by atoms with van der Waals surface area (Å²) >= 11 is 0. The van der Waals surface area contributed by atoms with Gasteiger partial charge in [0, 0.05) is 51.9 Å². The van der Waals surface area contributed by atoms with Gasteiger partial charge in [-0.25, -0.2) is 4.79 Å². The third kappa shape index (κ3) is 7.08. The van der Waals surface area contributed by atoms with Crippen LogP contribution in [0.15, 0.2) is 24.3 Å². The molecule has 0 unspecified atom stereocenters. The first-order chi connectivity index (χ1) is 13.6. The Hall–Kier alpha value is -1.63. The number of nitrogens with zero attached hydrogens (tertiary/aromatic N) is 2. The van der Waals surface area contributed by atoms with E-state index in [1.807, 2.05) is 0 Å². The lowest BCUT2D eigenvalue weighted by atomic mass is 10.0. The summed E-state index contributed by atoms with van der Waals surface area (Å²) in [7, 11) is 0. The fourth-order valence-corrected chi connectivity index (χ4v) is 3.98. The molecule has 3 rings (SSSR count). The molecule has 156 valence electrons. The normalized spacial score (nSPS) is 19.7. The topological polar surface area (TPSA) is 56.8 Å². The van der Waals surface area contributed by atoms with E-state index in [2.05, 4.69) is 58.5 Å². The van der Waals surface area contributed by atoms with E-state index in [9.17, 15) is 4.79 Å². The van der Waals surface area contributed by atoms with Crippen molar-refractivity contribution in [1.82, 2.24) is 20.4 Å². The summed E-state index contributed by atoms with van der Waals surface area (Å²) in [5.74, 6) is 0.702. The highest BCUT2D eigenvalue weighted by Crippen LogP contribution is 2.12. The molecule has 2 saturated heterocycles. The number of benzene rings is 1. The molecule has 0 aromatic heterocycles. The maximum Gasteiger partial charge on any atom is 0.315 e. The largest absolute Gasteiger partial charge is 0.379 e. The number of morpholine rings is 1. The van der Waals surface area contributed by atoms with E-state index < -0.39 is 0 Å². The van der Waals surface area contributed by atoms with Crippen molar-refractivity contribution < 1.29 is 9.53 Å². The van der Waals surface area contributed by atoms with Crippen LogP contribution in [0.2, 0.25) is 0 Å². The van der Waals surface area contributed by atoms with E-state index >= 15 is 0 Å². The Morgan fingerprint density at radius 3 is 2.32 bits per heavy atom. The fraction of sp³-hybridized carbons (Fsp3) is 0.682. The molecule has 2 aliphatic rings. The van der Waals surface area contributed by atoms with Gasteiger partial charge in [0.05, 0.1) is 13.2 Å². The molecule has 2 heterocycles. The lowest BCUT2D eigenvalue weighted by Crippen LogP contribution is -2.48. The Kier molecular flexibility index (Phi) is 8.13. The standard InChI is InChI=1S/C22H36N4O2/c1-18(2)16-25-9-7-21(8-10-25)24-22(27)23-15-19-3-5-20(6-4-19)17-26-11-13-28-14-12-26/h3-6,18,21H,7-17H2,1-2H3,(H2,23,24,27). The smallest absolute Gasteiger partial charge is 0.315 e. The molecule has 0 aliphatic carbocycles. The molecule has 1 aromatic rings. The monoisotopic (exact) mass is 388 g/mol. The zero-order valence-corrected chi connectivity index (χ0v) is 17.5. The second-order valence-electron chi connectivity index (χ2n) is 8.50. The molecule has 0 bridgehead atoms. The summed E-state index contributed by atoms with van der Waals surface area (Å²) in [5, 5.41) is 6.13. The van der Waals surface area contributed by atoms with Gasteiger partial charge in [0.15, 0.2) is 0 Å². The van der Waals surface area contributed by atoms with Gasteiger partial charge in [-0.15, -0.1) is 0 Å². The van der Waals surface area contributed by atoms with Gasteiger partial charge in [-0.3, -0.25) is 4.90 Å². The summed E-state index contributed by atoms with van der Waals surface area (Å²) in [6.07, 6.45) is 2.08. The Balaban J connectivity index is 1.34. The van der Waals surface area contributed by atoms with Crippen molar-refractivity contribution in [1.29, 1.82) is 0 Å². The van der Waals surface area contributed by atoms with Crippen molar-refractivity contribution in [3.63, 3.8) is 0 Å². The van der Waals surface area contributed by atoms with Gasteiger partial charge in [0.25, 0.3) is 0 Å². The van der Waals surface area contributed by atoms with Crippen molar-refractivity contribution in [2.45, 2.75) is 45.8 Å². The van der Waals surface area contributed by atoms with Crippen LogP contribution in [0.3, 0.4) is 0 Å². The van der Waals surface area contributed by atoms with Crippen LogP contribution in [-0.2, 0) is 17.8 Å². The van der Waals surface area contributed by atoms with E-state index in [0.717, 1.165) is 70.9 Å². The van der Waals surface area contributed by atoms with Crippen molar-refractivity contribution in [3.05, 3.63) is 35.4 Å². The molecule has 0 radical (unpaired) electrons. The van der Waals surface area contributed by atoms with Gasteiger partial charge in [-0.2, -0.15) is 0 Å². The number of rotatable bonds is 7. The van der Waals surface area contributed by atoms with Gasteiger partial charge in [-0.05, 0) is 29.9 Å². The van der Waals surface area contributed by atoms with Crippen LogP contribution in [0.5, 0.6) is 0 Å². The van der Waals surface area contributed by atoms with Crippen molar-refractivity contribution in [3.8, 4) is 0 Å². The third-order valence-electron chi connectivity index (χ3n) is 5.53. The van der Waals surface area contributed by atoms with Crippen molar-refractivity contribution >= 4 is 6.03 Å². The zero-order chi connectivity index (χ0) is 19.8. The van der Waals surface area contributed by atoms with E-state index in [1.54, 1.807) is 0 Å². The summed E-state index contributed by atoms with van der Waals surface area (Å²) in [4.78, 5) is 17.1. The van der Waals surface area contributed by atoms with E-state index in [0.29, 0.717) is 18.5 Å². The summed E-state index contributed by atoms with van der Waals surface area (Å²) in [6, 6.07) is 8.78. The average Bonchev–Trinajstić information content (AvgIpc) is 2.69. The van der Waals surface area contributed by atoms with Crippen LogP contribution in [0.1, 0.15) is 37.8 Å². The van der Waals surface area contributed by atoms with Crippen LogP contribution in [0, 0.1) is 5.92 Å². The molecule has 0 atom stereocenters. The van der Waals surface area contributed by atoms with E-state index in [4.69, 9.17) is 4.74 Å². The van der Waals surface area contributed by atoms with Gasteiger partial charge < -0.3 is 20.3 Å². The van der Waals surface area contributed by atoms with Gasteiger partial charge in [-0.1, -0.05) is 38.1 Å². The molecule has 2 amide bonds. The molecular weight excluding hydrogens is 352 g/mol. The van der Waals surface area contributed by atoms with Crippen molar-refractivity contribution in [2.75, 3.05) is 45.9 Å². The predicted molar refractivity (Wildman–Crippen MR) is 112 cm³/mol. The van der Waals surface area contributed by atoms with Crippen LogP contribution in [0.4, 0.5) is 4.79 Å². The number of piperidine rings is 1. The molecule has 2 fully saturated rings. The summed E-state index contributed by atoms with van der Waals surface area (Å²) < 4.78 is 5.40. The third-order valence-corrected chi connectivity index (χ3v) is 5.53. The lowest BCUT2D eigenvalue weighted by Gasteiger charge is -2.33. The number of ether oxygens (including phenoxy) is 1. The minimum absolute atomic E-state index is 0.0558. The maximum absolute atomic E-state index is 12.2. The minimum Gasteiger partial charge on any atom is -0.379 e. The number of carbonyl (C=O) groups is 1. The number of urea groups is 1. The number of carbonyl (C=O) groups excluding carboxylic acids is 1. The van der Waals surface area contributed by atoms with Gasteiger partial charge in [0.1, 0.15) is 0 Å². The maximum atomic E-state index is 12.2. The second kappa shape index (κ2) is 10.8. The lowest BCUT2D eigenvalue weighted by molar-refractivity contribution is 0.0342. The van der Waals surface area contributed by atoms with Gasteiger partial charge in [0.2, 0.25) is 0 Å². The molecular formula is C22H36N4O2. The number of hydrogen-bond donors (Lipinski definition) is 2. The number of amides is 2. The molecule has 2 N–H and O–H groups in total. The Morgan fingerprint density at radius 2 is 1.68 bits per heavy atom. The summed E-state index contributed by atoms with van der Waals surface area (Å²) in [6.45, 7) is 13.0. The Bertz CT molecular complexity index is 591. The highest BCUT2D eigenvalue weighted by molar-refractivity contribution is 5.74. The SMILES string of the molecule is CC(C)CN1CCC(NC(=O)NCc2ccc(CN3CCOCC3)cc2)CC1.